The van der Waals surface area contributed by atoms with Gasteiger partial charge in [-0.05, 0) is 47.2 Å². The summed E-state index contributed by atoms with van der Waals surface area (Å²) in [7, 11) is 0. The van der Waals surface area contributed by atoms with Crippen LogP contribution in [0.3, 0.4) is 0 Å². The van der Waals surface area contributed by atoms with E-state index >= 15 is 0 Å². The molecule has 1 unspecified atom stereocenters. The lowest BCUT2D eigenvalue weighted by Gasteiger charge is -2.35. The number of nitrogens with one attached hydrogen (secondary N) is 1. The number of hydrogen-bond donors (Lipinski definition) is 2. The summed E-state index contributed by atoms with van der Waals surface area (Å²) in [5.41, 5.74) is 3.74. The second-order valence-corrected chi connectivity index (χ2v) is 15.4. The highest BCUT2D eigenvalue weighted by Gasteiger charge is 2.39. The molecule has 12 nitrogen and oxygen atoms in total. The van der Waals surface area contributed by atoms with Crippen molar-refractivity contribution in [3.8, 4) is 16.9 Å². The molecular weight excluding hydrogens is 693 g/mol. The Balaban J connectivity index is 0.967. The molecule has 4 aromatic rings. The standard InChI is InChI=1S/C40H50N6O6S/c1-40(2,3)12-19-50-21-23-52-24-22-51-20-18-44-14-16-45(17-15-44)35-11-10-30(27-42-35)29-8-9-31-28-46(38(49)33(31)26-29)36(32-6-4-5-7-34(32)47)37(48)43-39-41-13-25-53-39/h4-11,13,25-27,36,47H,12,14-24,28H2,1-3H3,(H,41,43,48). The molecule has 6 rings (SSSR count). The van der Waals surface area contributed by atoms with Crippen LogP contribution in [0.15, 0.2) is 72.4 Å². The molecule has 0 radical (unpaired) electrons. The van der Waals surface area contributed by atoms with Gasteiger partial charge in [0.25, 0.3) is 11.8 Å². The van der Waals surface area contributed by atoms with Gasteiger partial charge in [-0.15, -0.1) is 11.3 Å². The maximum atomic E-state index is 13.9. The van der Waals surface area contributed by atoms with Crippen molar-refractivity contribution in [1.29, 1.82) is 0 Å². The van der Waals surface area contributed by atoms with Gasteiger partial charge in [0.1, 0.15) is 17.6 Å². The van der Waals surface area contributed by atoms with Crippen molar-refractivity contribution in [2.45, 2.75) is 39.8 Å². The van der Waals surface area contributed by atoms with Gasteiger partial charge in [-0.25, -0.2) is 9.97 Å². The Labute approximate surface area is 315 Å². The zero-order chi connectivity index (χ0) is 37.2. The Morgan fingerprint density at radius 1 is 0.906 bits per heavy atom. The molecule has 1 atom stereocenters. The van der Waals surface area contributed by atoms with E-state index in [1.807, 2.05) is 36.5 Å². The Kier molecular flexibility index (Phi) is 13.1. The van der Waals surface area contributed by atoms with Crippen molar-refractivity contribution in [3.63, 3.8) is 0 Å². The normalized spacial score (nSPS) is 15.5. The first-order chi connectivity index (χ1) is 25.7. The fourth-order valence-corrected chi connectivity index (χ4v) is 6.93. The van der Waals surface area contributed by atoms with Gasteiger partial charge in [0.2, 0.25) is 0 Å². The maximum absolute atomic E-state index is 13.9. The molecule has 2 aliphatic heterocycles. The molecule has 0 saturated carbocycles. The second-order valence-electron chi connectivity index (χ2n) is 14.5. The minimum atomic E-state index is -1.05. The molecule has 4 heterocycles. The van der Waals surface area contributed by atoms with Gasteiger partial charge in [-0.2, -0.15) is 0 Å². The predicted octanol–water partition coefficient (Wildman–Crippen LogP) is 5.85. The molecule has 2 aromatic heterocycles. The lowest BCUT2D eigenvalue weighted by Crippen LogP contribution is -2.47. The van der Waals surface area contributed by atoms with E-state index in [0.29, 0.717) is 54.7 Å². The highest BCUT2D eigenvalue weighted by Crippen LogP contribution is 2.37. The summed E-state index contributed by atoms with van der Waals surface area (Å²) in [4.78, 5) is 42.6. The van der Waals surface area contributed by atoms with Gasteiger partial charge in [-0.3, -0.25) is 19.8 Å². The third-order valence-corrected chi connectivity index (χ3v) is 10.2. The molecule has 0 spiro atoms. The van der Waals surface area contributed by atoms with Crippen LogP contribution in [-0.4, -0.2) is 109 Å². The first-order valence-electron chi connectivity index (χ1n) is 18.3. The van der Waals surface area contributed by atoms with Crippen LogP contribution in [0.2, 0.25) is 0 Å². The number of para-hydroxylation sites is 1. The molecule has 2 aliphatic rings. The van der Waals surface area contributed by atoms with Gasteiger partial charge in [0.15, 0.2) is 5.13 Å². The van der Waals surface area contributed by atoms with E-state index in [4.69, 9.17) is 19.2 Å². The molecule has 13 heteroatoms. The van der Waals surface area contributed by atoms with E-state index in [1.165, 1.54) is 22.3 Å². The molecule has 0 bridgehead atoms. The molecule has 2 amide bonds. The van der Waals surface area contributed by atoms with E-state index in [2.05, 4.69) is 40.9 Å². The van der Waals surface area contributed by atoms with E-state index in [1.54, 1.807) is 29.8 Å². The van der Waals surface area contributed by atoms with Gasteiger partial charge < -0.3 is 29.1 Å². The SMILES string of the molecule is CC(C)(C)CCOCCOCCOCCN1CCN(c2ccc(-c3ccc4c(c3)C(=O)N(C(C(=O)Nc3nccs3)c3ccccc3O)C4)cn2)CC1. The third kappa shape index (κ3) is 10.4. The van der Waals surface area contributed by atoms with Crippen molar-refractivity contribution in [1.82, 2.24) is 19.8 Å². The van der Waals surface area contributed by atoms with Crippen LogP contribution in [0, 0.1) is 5.41 Å². The van der Waals surface area contributed by atoms with Crippen LogP contribution >= 0.6 is 11.3 Å². The quantitative estimate of drug-likeness (QED) is 0.127. The third-order valence-electron chi connectivity index (χ3n) is 9.47. The maximum Gasteiger partial charge on any atom is 0.255 e. The average Bonchev–Trinajstić information content (AvgIpc) is 3.78. The van der Waals surface area contributed by atoms with Crippen LogP contribution in [0.1, 0.15) is 54.7 Å². The fourth-order valence-electron chi connectivity index (χ4n) is 6.40. The highest BCUT2D eigenvalue weighted by molar-refractivity contribution is 7.13. The highest BCUT2D eigenvalue weighted by atomic mass is 32.1. The van der Waals surface area contributed by atoms with Crippen molar-refractivity contribution >= 4 is 34.1 Å². The number of fused-ring (bicyclic) bond motifs is 1. The average molecular weight is 743 g/mol. The van der Waals surface area contributed by atoms with Crippen LogP contribution in [-0.2, 0) is 25.5 Å². The summed E-state index contributed by atoms with van der Waals surface area (Å²) in [6.45, 7) is 15.2. The molecule has 2 N–H and O–H groups in total. The Morgan fingerprint density at radius 3 is 2.30 bits per heavy atom. The number of hydrogen-bond acceptors (Lipinski definition) is 11. The zero-order valence-electron chi connectivity index (χ0n) is 30.8. The number of carbonyl (C=O) groups is 2. The number of aromatic hydroxyl groups is 1. The van der Waals surface area contributed by atoms with Gasteiger partial charge in [0.05, 0.1) is 33.0 Å². The summed E-state index contributed by atoms with van der Waals surface area (Å²) < 4.78 is 17.0. The molecule has 1 fully saturated rings. The minimum Gasteiger partial charge on any atom is -0.508 e. The number of benzene rings is 2. The van der Waals surface area contributed by atoms with Crippen molar-refractivity contribution in [2.24, 2.45) is 5.41 Å². The van der Waals surface area contributed by atoms with E-state index in [9.17, 15) is 14.7 Å². The van der Waals surface area contributed by atoms with Crippen LogP contribution in [0.25, 0.3) is 11.1 Å². The lowest BCUT2D eigenvalue weighted by molar-refractivity contribution is -0.120. The summed E-state index contributed by atoms with van der Waals surface area (Å²) in [5.74, 6) is 0.142. The molecular formula is C40H50N6O6S. The Hall–Kier alpha value is -4.40. The number of thiazole rings is 1. The monoisotopic (exact) mass is 742 g/mol. The number of pyridine rings is 1. The van der Waals surface area contributed by atoms with Gasteiger partial charge in [-0.1, -0.05) is 51.1 Å². The topological polar surface area (TPSA) is 130 Å². The number of rotatable bonds is 17. The largest absolute Gasteiger partial charge is 0.508 e. The number of nitrogens with zero attached hydrogens (tertiary/aromatic N) is 5. The number of phenols is 1. The Bertz CT molecular complexity index is 1790. The first-order valence-corrected chi connectivity index (χ1v) is 19.1. The second kappa shape index (κ2) is 18.1. The van der Waals surface area contributed by atoms with Crippen LogP contribution < -0.4 is 10.2 Å². The number of phenolic OH excluding ortho intramolecular Hbond substituents is 1. The number of amides is 2. The zero-order valence-corrected chi connectivity index (χ0v) is 31.6. The smallest absolute Gasteiger partial charge is 0.255 e. The van der Waals surface area contributed by atoms with Crippen molar-refractivity contribution in [2.75, 3.05) is 82.6 Å². The van der Waals surface area contributed by atoms with Crippen LogP contribution in [0.5, 0.6) is 5.75 Å². The molecule has 282 valence electrons. The van der Waals surface area contributed by atoms with E-state index in [-0.39, 0.29) is 18.2 Å². The first kappa shape index (κ1) is 38.3. The Morgan fingerprint density at radius 2 is 1.62 bits per heavy atom. The summed E-state index contributed by atoms with van der Waals surface area (Å²) >= 11 is 1.28. The van der Waals surface area contributed by atoms with Gasteiger partial charge in [0, 0.05) is 80.3 Å². The summed E-state index contributed by atoms with van der Waals surface area (Å²) in [6.07, 6.45) is 4.49. The summed E-state index contributed by atoms with van der Waals surface area (Å²) in [5, 5.41) is 15.7. The number of carbonyl (C=O) groups excluding carboxylic acids is 2. The lowest BCUT2D eigenvalue weighted by atomic mass is 9.93. The van der Waals surface area contributed by atoms with E-state index in [0.717, 1.165) is 68.3 Å². The molecule has 1 saturated heterocycles. The number of piperazine rings is 1. The number of aromatic nitrogens is 2. The minimum absolute atomic E-state index is 0.0567. The van der Waals surface area contributed by atoms with Crippen molar-refractivity contribution in [3.05, 3.63) is 89.1 Å². The molecule has 2 aromatic carbocycles. The van der Waals surface area contributed by atoms with Gasteiger partial charge >= 0.3 is 0 Å². The predicted molar refractivity (Wildman–Crippen MR) is 206 cm³/mol. The fraction of sp³-hybridized carbons (Fsp3) is 0.450. The molecule has 0 aliphatic carbocycles. The summed E-state index contributed by atoms with van der Waals surface area (Å²) in [6, 6.07) is 15.4. The number of ether oxygens (including phenoxy) is 3. The van der Waals surface area contributed by atoms with Crippen LogP contribution in [0.4, 0.5) is 10.9 Å². The van der Waals surface area contributed by atoms with Crippen molar-refractivity contribution < 1.29 is 28.9 Å². The van der Waals surface area contributed by atoms with E-state index < -0.39 is 11.9 Å². The molecule has 53 heavy (non-hydrogen) atoms. The number of anilines is 2.